The third-order valence-electron chi connectivity index (χ3n) is 6.20. The number of carbonyl (C=O) groups is 1. The van der Waals surface area contributed by atoms with Crippen molar-refractivity contribution in [3.8, 4) is 0 Å². The van der Waals surface area contributed by atoms with Gasteiger partial charge in [-0.2, -0.15) is 0 Å². The van der Waals surface area contributed by atoms with Crippen LogP contribution in [0.25, 0.3) is 0 Å². The van der Waals surface area contributed by atoms with Crippen LogP contribution in [-0.4, -0.2) is 43.0 Å². The Morgan fingerprint density at radius 1 is 1.08 bits per heavy atom. The molecule has 0 atom stereocenters. The number of carbonyl (C=O) groups excluding carboxylic acids is 1. The summed E-state index contributed by atoms with van der Waals surface area (Å²) in [6, 6.07) is 12.7. The van der Waals surface area contributed by atoms with Crippen molar-refractivity contribution in [2.24, 2.45) is 5.41 Å². The van der Waals surface area contributed by atoms with Gasteiger partial charge in [0.05, 0.1) is 0 Å². The predicted octanol–water partition coefficient (Wildman–Crippen LogP) is 3.56. The number of aryl methyl sites for hydroxylation is 1. The number of pyridine rings is 1. The van der Waals surface area contributed by atoms with E-state index in [4.69, 9.17) is 0 Å². The summed E-state index contributed by atoms with van der Waals surface area (Å²) in [5.74, 6) is 0.0692. The van der Waals surface area contributed by atoms with Crippen molar-refractivity contribution >= 4 is 11.6 Å². The molecule has 4 rings (SSSR count). The van der Waals surface area contributed by atoms with Gasteiger partial charge in [0.2, 0.25) is 0 Å². The maximum absolute atomic E-state index is 12.9. The summed E-state index contributed by atoms with van der Waals surface area (Å²) >= 11 is 0. The molecule has 1 fully saturated rings. The maximum Gasteiger partial charge on any atom is 0.272 e. The summed E-state index contributed by atoms with van der Waals surface area (Å²) in [5, 5.41) is 0. The van der Waals surface area contributed by atoms with E-state index in [9.17, 15) is 4.79 Å². The highest BCUT2D eigenvalue weighted by Crippen LogP contribution is 2.43. The Morgan fingerprint density at radius 3 is 2.54 bits per heavy atom. The van der Waals surface area contributed by atoms with Gasteiger partial charge in [0.15, 0.2) is 0 Å². The van der Waals surface area contributed by atoms with Crippen molar-refractivity contribution in [3.05, 3.63) is 59.4 Å². The van der Waals surface area contributed by atoms with E-state index < -0.39 is 0 Å². The van der Waals surface area contributed by atoms with Gasteiger partial charge in [-0.25, -0.2) is 0 Å². The van der Waals surface area contributed by atoms with Gasteiger partial charge in [-0.05, 0) is 60.8 Å². The fourth-order valence-corrected chi connectivity index (χ4v) is 4.45. The minimum Gasteiger partial charge on any atom is -0.378 e. The fourth-order valence-electron chi connectivity index (χ4n) is 4.45. The average molecular weight is 349 g/mol. The molecule has 2 heterocycles. The predicted molar refractivity (Wildman–Crippen MR) is 105 cm³/mol. The zero-order valence-corrected chi connectivity index (χ0v) is 15.7. The molecule has 0 radical (unpaired) electrons. The van der Waals surface area contributed by atoms with Crippen LogP contribution in [-0.2, 0) is 12.8 Å². The summed E-state index contributed by atoms with van der Waals surface area (Å²) in [7, 11) is 3.96. The van der Waals surface area contributed by atoms with E-state index in [0.717, 1.165) is 31.6 Å². The molecule has 0 bridgehead atoms. The van der Waals surface area contributed by atoms with Crippen LogP contribution >= 0.6 is 0 Å². The number of rotatable bonds is 2. The molecule has 1 amide bonds. The lowest BCUT2D eigenvalue weighted by Crippen LogP contribution is -2.45. The van der Waals surface area contributed by atoms with E-state index in [-0.39, 0.29) is 5.91 Å². The average Bonchev–Trinajstić information content (AvgIpc) is 2.68. The molecule has 1 aromatic heterocycles. The minimum atomic E-state index is 0.0692. The number of anilines is 1. The molecular formula is C22H27N3O. The first-order valence-corrected chi connectivity index (χ1v) is 9.56. The third kappa shape index (κ3) is 3.20. The van der Waals surface area contributed by atoms with Crippen LogP contribution in [0.2, 0.25) is 0 Å². The summed E-state index contributed by atoms with van der Waals surface area (Å²) in [5.41, 5.74) is 4.98. The normalized spacial score (nSPS) is 18.5. The lowest BCUT2D eigenvalue weighted by Gasteiger charge is -2.44. The van der Waals surface area contributed by atoms with E-state index >= 15 is 0 Å². The molecule has 26 heavy (non-hydrogen) atoms. The first-order valence-electron chi connectivity index (χ1n) is 9.56. The largest absolute Gasteiger partial charge is 0.378 e. The first-order chi connectivity index (χ1) is 12.6. The molecule has 2 aliphatic rings. The summed E-state index contributed by atoms with van der Waals surface area (Å²) in [6.07, 6.45) is 7.52. The topological polar surface area (TPSA) is 36.4 Å². The van der Waals surface area contributed by atoms with Gasteiger partial charge >= 0.3 is 0 Å². The number of hydrogen-bond donors (Lipinski definition) is 0. The van der Waals surface area contributed by atoms with Gasteiger partial charge in [-0.3, -0.25) is 9.78 Å². The highest BCUT2D eigenvalue weighted by Gasteiger charge is 2.38. The van der Waals surface area contributed by atoms with E-state index in [1.807, 2.05) is 36.0 Å². The molecule has 1 saturated heterocycles. The molecule has 0 N–H and O–H groups in total. The van der Waals surface area contributed by atoms with E-state index in [2.05, 4.69) is 29.2 Å². The number of amides is 1. The van der Waals surface area contributed by atoms with Crippen LogP contribution in [0.4, 0.5) is 5.69 Å². The monoisotopic (exact) mass is 349 g/mol. The molecule has 1 aliphatic carbocycles. The standard InChI is InChI=1S/C22H27N3O/c1-24(2)19-8-12-23-20(15-19)21(26)25-13-10-22(11-14-25)9-7-17-5-3-4-6-18(17)16-22/h3-6,8,12,15H,7,9-11,13-14,16H2,1-2H3. The number of fused-ring (bicyclic) bond motifs is 1. The zero-order valence-electron chi connectivity index (χ0n) is 15.7. The Balaban J connectivity index is 1.44. The van der Waals surface area contributed by atoms with Gasteiger partial charge < -0.3 is 9.80 Å². The van der Waals surface area contributed by atoms with Gasteiger partial charge in [-0.15, -0.1) is 0 Å². The minimum absolute atomic E-state index is 0.0692. The third-order valence-corrected chi connectivity index (χ3v) is 6.20. The van der Waals surface area contributed by atoms with Gasteiger partial charge in [0, 0.05) is 39.1 Å². The first kappa shape index (κ1) is 17.1. The molecule has 0 unspecified atom stereocenters. The molecule has 1 spiro atoms. The van der Waals surface area contributed by atoms with Crippen LogP contribution in [0.3, 0.4) is 0 Å². The number of likely N-dealkylation sites (tertiary alicyclic amines) is 1. The molecule has 0 saturated carbocycles. The van der Waals surface area contributed by atoms with Crippen LogP contribution in [0.1, 0.15) is 40.9 Å². The Bertz CT molecular complexity index is 807. The highest BCUT2D eigenvalue weighted by molar-refractivity contribution is 5.93. The Morgan fingerprint density at radius 2 is 1.81 bits per heavy atom. The molecular weight excluding hydrogens is 322 g/mol. The Hall–Kier alpha value is -2.36. The molecule has 1 aliphatic heterocycles. The second-order valence-corrected chi connectivity index (χ2v) is 8.03. The summed E-state index contributed by atoms with van der Waals surface area (Å²) < 4.78 is 0. The van der Waals surface area contributed by atoms with Crippen LogP contribution < -0.4 is 4.90 Å². The fraction of sp³-hybridized carbons (Fsp3) is 0.455. The zero-order chi connectivity index (χ0) is 18.1. The lowest BCUT2D eigenvalue weighted by molar-refractivity contribution is 0.0538. The van der Waals surface area contributed by atoms with Gasteiger partial charge in [0.25, 0.3) is 5.91 Å². The van der Waals surface area contributed by atoms with Gasteiger partial charge in [-0.1, -0.05) is 24.3 Å². The molecule has 1 aromatic carbocycles. The van der Waals surface area contributed by atoms with Crippen LogP contribution in [0.5, 0.6) is 0 Å². The SMILES string of the molecule is CN(C)c1ccnc(C(=O)N2CCC3(CCc4ccccc4C3)CC2)c1. The highest BCUT2D eigenvalue weighted by atomic mass is 16.2. The molecule has 4 heteroatoms. The van der Waals surface area contributed by atoms with Crippen molar-refractivity contribution in [1.29, 1.82) is 0 Å². The second kappa shape index (κ2) is 6.75. The van der Waals surface area contributed by atoms with Crippen molar-refractivity contribution < 1.29 is 4.79 Å². The lowest BCUT2D eigenvalue weighted by atomic mass is 9.66. The number of nitrogens with zero attached hydrogens (tertiary/aromatic N) is 3. The van der Waals surface area contributed by atoms with E-state index in [0.29, 0.717) is 11.1 Å². The number of aromatic nitrogens is 1. The van der Waals surface area contributed by atoms with Crippen molar-refractivity contribution in [1.82, 2.24) is 9.88 Å². The van der Waals surface area contributed by atoms with Gasteiger partial charge in [0.1, 0.15) is 5.69 Å². The van der Waals surface area contributed by atoms with Crippen molar-refractivity contribution in [2.75, 3.05) is 32.1 Å². The Labute approximate surface area is 155 Å². The maximum atomic E-state index is 12.9. The van der Waals surface area contributed by atoms with E-state index in [1.54, 1.807) is 6.20 Å². The second-order valence-electron chi connectivity index (χ2n) is 8.03. The van der Waals surface area contributed by atoms with Crippen molar-refractivity contribution in [3.63, 3.8) is 0 Å². The molecule has 2 aromatic rings. The summed E-state index contributed by atoms with van der Waals surface area (Å²) in [4.78, 5) is 21.2. The van der Waals surface area contributed by atoms with Crippen molar-refractivity contribution in [2.45, 2.75) is 32.1 Å². The Kier molecular flexibility index (Phi) is 4.43. The van der Waals surface area contributed by atoms with E-state index in [1.165, 1.54) is 30.4 Å². The molecule has 136 valence electrons. The number of benzene rings is 1. The van der Waals surface area contributed by atoms with Crippen LogP contribution in [0, 0.1) is 5.41 Å². The number of hydrogen-bond acceptors (Lipinski definition) is 3. The number of piperidine rings is 1. The smallest absolute Gasteiger partial charge is 0.272 e. The quantitative estimate of drug-likeness (QED) is 0.832. The van der Waals surface area contributed by atoms with Crippen LogP contribution in [0.15, 0.2) is 42.6 Å². The summed E-state index contributed by atoms with van der Waals surface area (Å²) in [6.45, 7) is 1.68. The molecule has 4 nitrogen and oxygen atoms in total.